The number of nitriles is 1. The van der Waals surface area contributed by atoms with Gasteiger partial charge in [0.25, 0.3) is 0 Å². The van der Waals surface area contributed by atoms with Crippen LogP contribution in [0.5, 0.6) is 0 Å². The van der Waals surface area contributed by atoms with E-state index in [1.165, 1.54) is 18.2 Å². The molecule has 80 valence electrons. The molecule has 0 saturated carbocycles. The van der Waals surface area contributed by atoms with Crippen LogP contribution < -0.4 is 0 Å². The Bertz CT molecular complexity index is 391. The van der Waals surface area contributed by atoms with Crippen molar-refractivity contribution in [1.29, 1.82) is 5.26 Å². The van der Waals surface area contributed by atoms with E-state index in [4.69, 9.17) is 22.0 Å². The van der Waals surface area contributed by atoms with E-state index in [1.807, 2.05) is 0 Å². The van der Waals surface area contributed by atoms with E-state index >= 15 is 0 Å². The molecule has 0 aliphatic heterocycles. The molecule has 0 bridgehead atoms. The van der Waals surface area contributed by atoms with E-state index in [0.717, 1.165) is 6.07 Å². The van der Waals surface area contributed by atoms with E-state index in [9.17, 15) is 9.50 Å². The fourth-order valence-electron chi connectivity index (χ4n) is 1.11. The van der Waals surface area contributed by atoms with Crippen molar-refractivity contribution in [3.05, 3.63) is 35.1 Å². The zero-order valence-corrected chi connectivity index (χ0v) is 8.45. The Balaban J connectivity index is 2.98. The maximum absolute atomic E-state index is 13.2. The molecule has 2 unspecified atom stereocenters. The van der Waals surface area contributed by atoms with Gasteiger partial charge in [-0.15, -0.1) is 11.6 Å². The summed E-state index contributed by atoms with van der Waals surface area (Å²) in [5, 5.41) is 26.8. The first-order chi connectivity index (χ1) is 7.10. The minimum Gasteiger partial charge on any atom is -0.385 e. The molecule has 0 heterocycles. The second kappa shape index (κ2) is 5.08. The van der Waals surface area contributed by atoms with E-state index in [0.29, 0.717) is 5.56 Å². The molecule has 15 heavy (non-hydrogen) atoms. The van der Waals surface area contributed by atoms with Crippen molar-refractivity contribution in [3.63, 3.8) is 0 Å². The number of halogens is 2. The highest BCUT2D eigenvalue weighted by atomic mass is 35.5. The average Bonchev–Trinajstić information content (AvgIpc) is 2.26. The third kappa shape index (κ3) is 2.66. The molecule has 0 amide bonds. The molecule has 1 rings (SSSR count). The summed E-state index contributed by atoms with van der Waals surface area (Å²) in [6.45, 7) is 0. The van der Waals surface area contributed by atoms with Crippen LogP contribution in [0.3, 0.4) is 0 Å². The van der Waals surface area contributed by atoms with Crippen LogP contribution in [0.1, 0.15) is 17.2 Å². The predicted molar refractivity (Wildman–Crippen MR) is 52.5 cm³/mol. The Morgan fingerprint density at radius 2 is 2.13 bits per heavy atom. The summed E-state index contributed by atoms with van der Waals surface area (Å²) in [4.78, 5) is 0. The van der Waals surface area contributed by atoms with Crippen LogP contribution in [0, 0.1) is 17.1 Å². The van der Waals surface area contributed by atoms with Crippen molar-refractivity contribution in [1.82, 2.24) is 0 Å². The molecule has 0 aliphatic rings. The van der Waals surface area contributed by atoms with Crippen LogP contribution in [0.2, 0.25) is 0 Å². The molecular weight excluding hydrogens is 221 g/mol. The maximum Gasteiger partial charge on any atom is 0.170 e. The summed E-state index contributed by atoms with van der Waals surface area (Å²) in [5.41, 5.74) is 0.453. The number of aliphatic hydroxyl groups excluding tert-OH is 2. The first-order valence-electron chi connectivity index (χ1n) is 4.20. The molecule has 5 heteroatoms. The molecule has 0 spiro atoms. The van der Waals surface area contributed by atoms with Gasteiger partial charge in [-0.1, -0.05) is 12.1 Å². The number of nitrogens with zero attached hydrogens (tertiary/aromatic N) is 1. The van der Waals surface area contributed by atoms with Crippen molar-refractivity contribution in [2.24, 2.45) is 0 Å². The molecule has 1 aromatic rings. The topological polar surface area (TPSA) is 64.2 Å². The Labute approximate surface area is 91.3 Å². The minimum atomic E-state index is -1.56. The van der Waals surface area contributed by atoms with Gasteiger partial charge in [0.2, 0.25) is 0 Å². The Kier molecular flexibility index (Phi) is 4.04. The summed E-state index contributed by atoms with van der Waals surface area (Å²) < 4.78 is 13.2. The van der Waals surface area contributed by atoms with Gasteiger partial charge in [-0.2, -0.15) is 5.26 Å². The van der Waals surface area contributed by atoms with Crippen molar-refractivity contribution in [3.8, 4) is 6.07 Å². The van der Waals surface area contributed by atoms with Gasteiger partial charge in [0.1, 0.15) is 11.9 Å². The van der Waals surface area contributed by atoms with Gasteiger partial charge >= 0.3 is 0 Å². The molecule has 0 radical (unpaired) electrons. The maximum atomic E-state index is 13.2. The SMILES string of the molecule is N#CC(O)C(O)c1ccc(CCl)c(F)c1. The second-order valence-electron chi connectivity index (χ2n) is 3.00. The quantitative estimate of drug-likeness (QED) is 0.610. The molecule has 0 aromatic heterocycles. The van der Waals surface area contributed by atoms with Crippen LogP contribution >= 0.6 is 11.6 Å². The number of hydrogen-bond acceptors (Lipinski definition) is 3. The fourth-order valence-corrected chi connectivity index (χ4v) is 1.33. The van der Waals surface area contributed by atoms with E-state index in [-0.39, 0.29) is 11.4 Å². The van der Waals surface area contributed by atoms with Crippen LogP contribution in [-0.2, 0) is 5.88 Å². The summed E-state index contributed by atoms with van der Waals surface area (Å²) in [5.74, 6) is -0.532. The lowest BCUT2D eigenvalue weighted by Gasteiger charge is -2.12. The number of rotatable bonds is 3. The highest BCUT2D eigenvalue weighted by Gasteiger charge is 2.18. The molecule has 2 atom stereocenters. The van der Waals surface area contributed by atoms with Crippen molar-refractivity contribution in [2.45, 2.75) is 18.1 Å². The van der Waals surface area contributed by atoms with Crippen molar-refractivity contribution < 1.29 is 14.6 Å². The highest BCUT2D eigenvalue weighted by Crippen LogP contribution is 2.20. The Morgan fingerprint density at radius 3 is 2.60 bits per heavy atom. The first-order valence-corrected chi connectivity index (χ1v) is 4.73. The average molecular weight is 230 g/mol. The summed E-state index contributed by atoms with van der Waals surface area (Å²) in [6, 6.07) is 5.36. The third-order valence-electron chi connectivity index (χ3n) is 1.99. The first kappa shape index (κ1) is 11.9. The normalized spacial score (nSPS) is 14.3. The van der Waals surface area contributed by atoms with Crippen molar-refractivity contribution in [2.75, 3.05) is 0 Å². The van der Waals surface area contributed by atoms with Gasteiger partial charge in [0.05, 0.1) is 11.9 Å². The molecule has 0 fully saturated rings. The van der Waals surface area contributed by atoms with Crippen LogP contribution in [0.15, 0.2) is 18.2 Å². The lowest BCUT2D eigenvalue weighted by molar-refractivity contribution is 0.0526. The van der Waals surface area contributed by atoms with Crippen molar-refractivity contribution >= 4 is 11.6 Å². The molecule has 0 saturated heterocycles. The zero-order chi connectivity index (χ0) is 11.4. The van der Waals surface area contributed by atoms with Gasteiger partial charge in [-0.25, -0.2) is 4.39 Å². The lowest BCUT2D eigenvalue weighted by atomic mass is 10.0. The molecule has 0 aliphatic carbocycles. The van der Waals surface area contributed by atoms with Gasteiger partial charge in [0.15, 0.2) is 6.10 Å². The van der Waals surface area contributed by atoms with Gasteiger partial charge < -0.3 is 10.2 Å². The van der Waals surface area contributed by atoms with Gasteiger partial charge in [-0.3, -0.25) is 0 Å². The lowest BCUT2D eigenvalue weighted by Crippen LogP contribution is -2.16. The molecule has 1 aromatic carbocycles. The fraction of sp³-hybridized carbons (Fsp3) is 0.300. The van der Waals surface area contributed by atoms with Crippen LogP contribution in [0.25, 0.3) is 0 Å². The monoisotopic (exact) mass is 229 g/mol. The second-order valence-corrected chi connectivity index (χ2v) is 3.27. The van der Waals surface area contributed by atoms with Gasteiger partial charge in [0, 0.05) is 5.56 Å². The molecular formula is C10H9ClFNO2. The predicted octanol–water partition coefficient (Wildman–Crippen LogP) is 1.48. The van der Waals surface area contributed by atoms with Crippen LogP contribution in [0.4, 0.5) is 4.39 Å². The largest absolute Gasteiger partial charge is 0.385 e. The molecule has 3 nitrogen and oxygen atoms in total. The standard InChI is InChI=1S/C10H9ClFNO2/c11-4-7-2-1-6(3-8(7)12)10(15)9(14)5-13/h1-3,9-10,14-15H,4H2. The number of hydrogen-bond donors (Lipinski definition) is 2. The summed E-state index contributed by atoms with van der Waals surface area (Å²) in [6.07, 6.45) is -2.97. The Morgan fingerprint density at radius 1 is 1.47 bits per heavy atom. The smallest absolute Gasteiger partial charge is 0.170 e. The third-order valence-corrected chi connectivity index (χ3v) is 2.28. The van der Waals surface area contributed by atoms with Gasteiger partial charge in [-0.05, 0) is 11.6 Å². The van der Waals surface area contributed by atoms with E-state index < -0.39 is 18.0 Å². The highest BCUT2D eigenvalue weighted by molar-refractivity contribution is 6.17. The summed E-state index contributed by atoms with van der Waals surface area (Å²) >= 11 is 5.45. The number of aliphatic hydroxyl groups is 2. The Hall–Kier alpha value is -1.15. The van der Waals surface area contributed by atoms with E-state index in [1.54, 1.807) is 0 Å². The number of alkyl halides is 1. The minimum absolute atomic E-state index is 0.0308. The number of benzene rings is 1. The molecule has 2 N–H and O–H groups in total. The summed E-state index contributed by atoms with van der Waals surface area (Å²) in [7, 11) is 0. The van der Waals surface area contributed by atoms with Crippen LogP contribution in [-0.4, -0.2) is 16.3 Å². The van der Waals surface area contributed by atoms with E-state index in [2.05, 4.69) is 0 Å². The zero-order valence-electron chi connectivity index (χ0n) is 7.69.